The SMILES string of the molecule is CCc1ccc(C(NN)c2cc(I)ccc2Br)cc1. The van der Waals surface area contributed by atoms with Gasteiger partial charge in [0.15, 0.2) is 0 Å². The van der Waals surface area contributed by atoms with Crippen LogP contribution in [0.1, 0.15) is 29.7 Å². The second-order valence-corrected chi connectivity index (χ2v) is 6.46. The Bertz CT molecular complexity index is 555. The molecule has 0 saturated carbocycles. The van der Waals surface area contributed by atoms with Crippen LogP contribution in [0.2, 0.25) is 0 Å². The Morgan fingerprint density at radius 2 is 1.89 bits per heavy atom. The summed E-state index contributed by atoms with van der Waals surface area (Å²) >= 11 is 5.91. The van der Waals surface area contributed by atoms with Crippen LogP contribution in [0.4, 0.5) is 0 Å². The molecule has 2 rings (SSSR count). The minimum atomic E-state index is -0.00463. The van der Waals surface area contributed by atoms with E-state index in [9.17, 15) is 0 Å². The first-order chi connectivity index (χ1) is 9.15. The smallest absolute Gasteiger partial charge is 0.0721 e. The summed E-state index contributed by atoms with van der Waals surface area (Å²) in [4.78, 5) is 0. The molecular weight excluding hydrogens is 415 g/mol. The van der Waals surface area contributed by atoms with Crippen LogP contribution in [0.15, 0.2) is 46.9 Å². The normalized spacial score (nSPS) is 12.4. The summed E-state index contributed by atoms with van der Waals surface area (Å²) in [6.45, 7) is 2.16. The molecule has 19 heavy (non-hydrogen) atoms. The van der Waals surface area contributed by atoms with E-state index in [1.54, 1.807) is 0 Å². The van der Waals surface area contributed by atoms with Crippen LogP contribution in [0, 0.1) is 3.57 Å². The fraction of sp³-hybridized carbons (Fsp3) is 0.200. The van der Waals surface area contributed by atoms with Crippen LogP contribution in [-0.4, -0.2) is 0 Å². The standard InChI is InChI=1S/C15H16BrIN2/c1-2-10-3-5-11(6-4-10)15(19-18)13-9-12(17)7-8-14(13)16/h3-9,15,19H,2,18H2,1H3. The van der Waals surface area contributed by atoms with E-state index in [0.717, 1.165) is 16.5 Å². The van der Waals surface area contributed by atoms with Crippen LogP contribution >= 0.6 is 38.5 Å². The molecule has 0 radical (unpaired) electrons. The Morgan fingerprint density at radius 1 is 1.21 bits per heavy atom. The predicted molar refractivity (Wildman–Crippen MR) is 91.8 cm³/mol. The molecule has 2 aromatic rings. The van der Waals surface area contributed by atoms with Gasteiger partial charge >= 0.3 is 0 Å². The average Bonchev–Trinajstić information content (AvgIpc) is 2.44. The molecule has 0 fully saturated rings. The Balaban J connectivity index is 2.40. The first-order valence-electron chi connectivity index (χ1n) is 6.15. The first kappa shape index (κ1) is 15.0. The second kappa shape index (κ2) is 6.83. The molecule has 1 unspecified atom stereocenters. The Morgan fingerprint density at radius 3 is 2.47 bits per heavy atom. The fourth-order valence-corrected chi connectivity index (χ4v) is 3.04. The Hall–Kier alpha value is -0.430. The van der Waals surface area contributed by atoms with Gasteiger partial charge in [0, 0.05) is 8.04 Å². The van der Waals surface area contributed by atoms with Crippen molar-refractivity contribution >= 4 is 38.5 Å². The van der Waals surface area contributed by atoms with Crippen molar-refractivity contribution in [3.8, 4) is 0 Å². The number of halogens is 2. The van der Waals surface area contributed by atoms with E-state index >= 15 is 0 Å². The molecule has 0 aliphatic heterocycles. The van der Waals surface area contributed by atoms with Crippen molar-refractivity contribution < 1.29 is 0 Å². The predicted octanol–water partition coefficient (Wildman–Crippen LogP) is 4.17. The number of aryl methyl sites for hydroxylation is 1. The highest BCUT2D eigenvalue weighted by Gasteiger charge is 2.15. The lowest BCUT2D eigenvalue weighted by Crippen LogP contribution is -2.29. The topological polar surface area (TPSA) is 38.0 Å². The van der Waals surface area contributed by atoms with Gasteiger partial charge in [-0.05, 0) is 63.9 Å². The molecule has 1 atom stereocenters. The molecule has 3 N–H and O–H groups in total. The van der Waals surface area contributed by atoms with E-state index in [1.807, 2.05) is 0 Å². The van der Waals surface area contributed by atoms with Gasteiger partial charge in [-0.2, -0.15) is 0 Å². The van der Waals surface area contributed by atoms with E-state index in [-0.39, 0.29) is 6.04 Å². The van der Waals surface area contributed by atoms with Crippen LogP contribution in [0.25, 0.3) is 0 Å². The number of hydrogen-bond donors (Lipinski definition) is 2. The molecular formula is C15H16BrIN2. The summed E-state index contributed by atoms with van der Waals surface area (Å²) in [6, 6.07) is 14.8. The van der Waals surface area contributed by atoms with E-state index in [2.05, 4.69) is 93.3 Å². The van der Waals surface area contributed by atoms with Gasteiger partial charge in [-0.3, -0.25) is 5.84 Å². The summed E-state index contributed by atoms with van der Waals surface area (Å²) < 4.78 is 2.26. The van der Waals surface area contributed by atoms with Crippen molar-refractivity contribution in [3.05, 3.63) is 67.2 Å². The summed E-state index contributed by atoms with van der Waals surface area (Å²) in [6.07, 6.45) is 1.05. The monoisotopic (exact) mass is 430 g/mol. The van der Waals surface area contributed by atoms with Gasteiger partial charge in [0.05, 0.1) is 6.04 Å². The van der Waals surface area contributed by atoms with Crippen LogP contribution in [-0.2, 0) is 6.42 Å². The van der Waals surface area contributed by atoms with Crippen molar-refractivity contribution in [1.29, 1.82) is 0 Å². The minimum absolute atomic E-state index is 0.00463. The van der Waals surface area contributed by atoms with Gasteiger partial charge in [0.2, 0.25) is 0 Å². The summed E-state index contributed by atoms with van der Waals surface area (Å²) in [5.74, 6) is 5.75. The average molecular weight is 431 g/mol. The maximum Gasteiger partial charge on any atom is 0.0721 e. The van der Waals surface area contributed by atoms with Gasteiger partial charge < -0.3 is 0 Å². The third-order valence-electron chi connectivity index (χ3n) is 3.16. The van der Waals surface area contributed by atoms with Crippen LogP contribution in [0.3, 0.4) is 0 Å². The molecule has 2 nitrogen and oxygen atoms in total. The molecule has 4 heteroatoms. The zero-order chi connectivity index (χ0) is 13.8. The van der Waals surface area contributed by atoms with Gasteiger partial charge in [0.1, 0.15) is 0 Å². The zero-order valence-corrected chi connectivity index (χ0v) is 14.4. The molecule has 0 aliphatic carbocycles. The molecule has 0 saturated heterocycles. The summed E-state index contributed by atoms with van der Waals surface area (Å²) in [7, 11) is 0. The van der Waals surface area contributed by atoms with Crippen molar-refractivity contribution in [2.24, 2.45) is 5.84 Å². The second-order valence-electron chi connectivity index (χ2n) is 4.36. The number of benzene rings is 2. The van der Waals surface area contributed by atoms with Crippen molar-refractivity contribution in [2.75, 3.05) is 0 Å². The third-order valence-corrected chi connectivity index (χ3v) is 4.55. The molecule has 2 aromatic carbocycles. The number of hydrazine groups is 1. The number of rotatable bonds is 4. The lowest BCUT2D eigenvalue weighted by atomic mass is 9.98. The highest BCUT2D eigenvalue weighted by molar-refractivity contribution is 14.1. The molecule has 0 aromatic heterocycles. The molecule has 0 heterocycles. The van der Waals surface area contributed by atoms with Crippen LogP contribution < -0.4 is 11.3 Å². The quantitative estimate of drug-likeness (QED) is 0.434. The Labute approximate surface area is 136 Å². The lowest BCUT2D eigenvalue weighted by molar-refractivity contribution is 0.634. The fourth-order valence-electron chi connectivity index (χ4n) is 2.05. The van der Waals surface area contributed by atoms with E-state index in [0.29, 0.717) is 0 Å². The van der Waals surface area contributed by atoms with Crippen molar-refractivity contribution in [1.82, 2.24) is 5.43 Å². The van der Waals surface area contributed by atoms with E-state index in [1.165, 1.54) is 14.7 Å². The maximum absolute atomic E-state index is 5.75. The zero-order valence-electron chi connectivity index (χ0n) is 10.7. The number of nitrogens with one attached hydrogen (secondary N) is 1. The Kier molecular flexibility index (Phi) is 5.38. The highest BCUT2D eigenvalue weighted by Crippen LogP contribution is 2.29. The largest absolute Gasteiger partial charge is 0.271 e. The maximum atomic E-state index is 5.75. The molecule has 0 amide bonds. The summed E-state index contributed by atoms with van der Waals surface area (Å²) in [5.41, 5.74) is 6.56. The third kappa shape index (κ3) is 3.56. The van der Waals surface area contributed by atoms with Gasteiger partial charge in [0.25, 0.3) is 0 Å². The van der Waals surface area contributed by atoms with Crippen LogP contribution in [0.5, 0.6) is 0 Å². The van der Waals surface area contributed by atoms with Gasteiger partial charge in [-0.15, -0.1) is 0 Å². The van der Waals surface area contributed by atoms with Crippen molar-refractivity contribution in [3.63, 3.8) is 0 Å². The molecule has 0 spiro atoms. The first-order valence-corrected chi connectivity index (χ1v) is 8.02. The lowest BCUT2D eigenvalue weighted by Gasteiger charge is -2.19. The highest BCUT2D eigenvalue weighted by atomic mass is 127. The number of hydrogen-bond acceptors (Lipinski definition) is 2. The number of nitrogens with two attached hydrogens (primary N) is 1. The van der Waals surface area contributed by atoms with Gasteiger partial charge in [-0.1, -0.05) is 47.1 Å². The molecule has 100 valence electrons. The van der Waals surface area contributed by atoms with Gasteiger partial charge in [-0.25, -0.2) is 5.43 Å². The molecule has 0 bridgehead atoms. The molecule has 0 aliphatic rings. The van der Waals surface area contributed by atoms with E-state index in [4.69, 9.17) is 5.84 Å². The summed E-state index contributed by atoms with van der Waals surface area (Å²) in [5, 5.41) is 0. The van der Waals surface area contributed by atoms with E-state index < -0.39 is 0 Å². The van der Waals surface area contributed by atoms with Crippen molar-refractivity contribution in [2.45, 2.75) is 19.4 Å². The minimum Gasteiger partial charge on any atom is -0.271 e.